The van der Waals surface area contributed by atoms with Gasteiger partial charge in [0.25, 0.3) is 6.01 Å². The molecule has 0 saturated heterocycles. The predicted octanol–water partition coefficient (Wildman–Crippen LogP) is 1.34. The predicted molar refractivity (Wildman–Crippen MR) is 63.5 cm³/mol. The van der Waals surface area contributed by atoms with Crippen molar-refractivity contribution in [1.82, 2.24) is 14.8 Å². The number of anilines is 1. The van der Waals surface area contributed by atoms with Crippen molar-refractivity contribution in [3.63, 3.8) is 0 Å². The molecule has 0 bridgehead atoms. The Kier molecular flexibility index (Phi) is 3.05. The highest BCUT2D eigenvalue weighted by atomic mass is 16.4. The lowest BCUT2D eigenvalue weighted by atomic mass is 10.2. The normalized spacial score (nSPS) is 10.6. The third kappa shape index (κ3) is 2.20. The van der Waals surface area contributed by atoms with Gasteiger partial charge < -0.3 is 14.8 Å². The first kappa shape index (κ1) is 12.2. The number of nitrogens with one attached hydrogen (secondary N) is 1. The van der Waals surface area contributed by atoms with Gasteiger partial charge in [0, 0.05) is 24.8 Å². The summed E-state index contributed by atoms with van der Waals surface area (Å²) >= 11 is 0. The van der Waals surface area contributed by atoms with Crippen LogP contribution in [0.4, 0.5) is 6.01 Å². The molecule has 0 radical (unpaired) electrons. The summed E-state index contributed by atoms with van der Waals surface area (Å²) in [6.45, 7) is 4.38. The highest BCUT2D eigenvalue weighted by Crippen LogP contribution is 2.14. The van der Waals surface area contributed by atoms with E-state index in [0.29, 0.717) is 6.54 Å². The summed E-state index contributed by atoms with van der Waals surface area (Å²) < 4.78 is 6.80. The van der Waals surface area contributed by atoms with Crippen LogP contribution in [0.15, 0.2) is 10.7 Å². The number of carbonyl (C=O) groups is 1. The zero-order valence-electron chi connectivity index (χ0n) is 10.4. The molecule has 18 heavy (non-hydrogen) atoms. The minimum atomic E-state index is -1.11. The molecule has 2 aromatic heterocycles. The van der Waals surface area contributed by atoms with Crippen molar-refractivity contribution < 1.29 is 14.3 Å². The molecule has 0 spiro atoms. The minimum Gasteiger partial charge on any atom is -0.476 e. The van der Waals surface area contributed by atoms with Gasteiger partial charge in [-0.1, -0.05) is 0 Å². The van der Waals surface area contributed by atoms with Crippen molar-refractivity contribution in [3.8, 4) is 0 Å². The fraction of sp³-hybridized carbons (Fsp3) is 0.364. The molecule has 96 valence electrons. The van der Waals surface area contributed by atoms with Crippen molar-refractivity contribution in [3.05, 3.63) is 28.9 Å². The molecule has 0 fully saturated rings. The number of rotatable bonds is 4. The first-order valence-electron chi connectivity index (χ1n) is 5.40. The van der Waals surface area contributed by atoms with Crippen LogP contribution >= 0.6 is 0 Å². The maximum Gasteiger partial charge on any atom is 0.357 e. The second kappa shape index (κ2) is 4.52. The third-order valence-corrected chi connectivity index (χ3v) is 2.80. The van der Waals surface area contributed by atoms with Gasteiger partial charge in [0.2, 0.25) is 0 Å². The average Bonchev–Trinajstić information content (AvgIpc) is 2.85. The molecular formula is C11H14N4O3. The van der Waals surface area contributed by atoms with Gasteiger partial charge in [-0.3, -0.25) is 4.68 Å². The van der Waals surface area contributed by atoms with Crippen LogP contribution in [0.1, 0.15) is 27.4 Å². The Morgan fingerprint density at radius 1 is 1.56 bits per heavy atom. The highest BCUT2D eigenvalue weighted by molar-refractivity contribution is 5.85. The monoisotopic (exact) mass is 250 g/mol. The van der Waals surface area contributed by atoms with Crippen molar-refractivity contribution >= 4 is 12.0 Å². The Hall–Kier alpha value is -2.31. The van der Waals surface area contributed by atoms with Gasteiger partial charge >= 0.3 is 5.97 Å². The van der Waals surface area contributed by atoms with Crippen LogP contribution in [-0.4, -0.2) is 25.8 Å². The number of nitrogens with zero attached hydrogens (tertiary/aromatic N) is 3. The summed E-state index contributed by atoms with van der Waals surface area (Å²) in [5.74, 6) is -1.11. The summed E-state index contributed by atoms with van der Waals surface area (Å²) in [6, 6.07) is 0.190. The molecule has 2 N–H and O–H groups in total. The molecular weight excluding hydrogens is 236 g/mol. The molecule has 0 aromatic carbocycles. The second-order valence-corrected chi connectivity index (χ2v) is 3.97. The topological polar surface area (TPSA) is 93.2 Å². The number of aryl methyl sites for hydroxylation is 2. The Morgan fingerprint density at radius 2 is 2.28 bits per heavy atom. The molecule has 0 amide bonds. The van der Waals surface area contributed by atoms with Gasteiger partial charge in [-0.15, -0.1) is 0 Å². The molecule has 7 nitrogen and oxygen atoms in total. The lowest BCUT2D eigenvalue weighted by Gasteiger charge is -2.02. The largest absolute Gasteiger partial charge is 0.476 e. The number of aromatic carboxylic acids is 1. The second-order valence-electron chi connectivity index (χ2n) is 3.97. The average molecular weight is 250 g/mol. The van der Waals surface area contributed by atoms with E-state index in [1.165, 1.54) is 0 Å². The number of carboxylic acids is 1. The molecule has 0 aliphatic carbocycles. The first-order chi connectivity index (χ1) is 8.49. The van der Waals surface area contributed by atoms with E-state index in [2.05, 4.69) is 15.4 Å². The van der Waals surface area contributed by atoms with Crippen LogP contribution in [-0.2, 0) is 13.6 Å². The van der Waals surface area contributed by atoms with Crippen LogP contribution in [0.3, 0.4) is 0 Å². The van der Waals surface area contributed by atoms with Gasteiger partial charge in [0.05, 0.1) is 5.69 Å². The smallest absolute Gasteiger partial charge is 0.357 e. The van der Waals surface area contributed by atoms with E-state index in [4.69, 9.17) is 9.52 Å². The lowest BCUT2D eigenvalue weighted by Crippen LogP contribution is -2.03. The van der Waals surface area contributed by atoms with Crippen molar-refractivity contribution in [2.75, 3.05) is 5.32 Å². The maximum absolute atomic E-state index is 10.6. The minimum absolute atomic E-state index is 0.114. The van der Waals surface area contributed by atoms with Crippen LogP contribution in [0, 0.1) is 13.8 Å². The van der Waals surface area contributed by atoms with Crippen LogP contribution < -0.4 is 5.32 Å². The lowest BCUT2D eigenvalue weighted by molar-refractivity contribution is 0.0690. The van der Waals surface area contributed by atoms with E-state index in [-0.39, 0.29) is 11.7 Å². The van der Waals surface area contributed by atoms with E-state index in [9.17, 15) is 4.79 Å². The van der Waals surface area contributed by atoms with E-state index in [0.717, 1.165) is 23.2 Å². The van der Waals surface area contributed by atoms with Gasteiger partial charge in [0.15, 0.2) is 5.69 Å². The van der Waals surface area contributed by atoms with Gasteiger partial charge in [-0.2, -0.15) is 10.1 Å². The summed E-state index contributed by atoms with van der Waals surface area (Å²) in [5, 5.41) is 15.9. The fourth-order valence-electron chi connectivity index (χ4n) is 1.69. The summed E-state index contributed by atoms with van der Waals surface area (Å²) in [6.07, 6.45) is 1.10. The summed E-state index contributed by atoms with van der Waals surface area (Å²) in [7, 11) is 1.87. The van der Waals surface area contributed by atoms with Gasteiger partial charge in [-0.05, 0) is 13.8 Å². The quantitative estimate of drug-likeness (QED) is 0.850. The maximum atomic E-state index is 10.6. The molecule has 2 aromatic rings. The van der Waals surface area contributed by atoms with Crippen LogP contribution in [0.25, 0.3) is 0 Å². The molecule has 2 rings (SSSR count). The highest BCUT2D eigenvalue weighted by Gasteiger charge is 2.12. The number of oxazole rings is 1. The third-order valence-electron chi connectivity index (χ3n) is 2.80. The number of hydrogen-bond acceptors (Lipinski definition) is 5. The van der Waals surface area contributed by atoms with Crippen molar-refractivity contribution in [2.45, 2.75) is 20.4 Å². The Bertz CT molecular complexity index is 585. The standard InChI is InChI=1S/C11H14N4O3/c1-6-8(7(2)15(3)14-6)4-12-11-13-9(5-18-11)10(16)17/h5H,4H2,1-3H3,(H,12,13)(H,16,17). The van der Waals surface area contributed by atoms with Gasteiger partial charge in [-0.25, -0.2) is 4.79 Å². The summed E-state index contributed by atoms with van der Waals surface area (Å²) in [4.78, 5) is 14.4. The molecule has 0 aliphatic heterocycles. The Morgan fingerprint density at radius 3 is 2.78 bits per heavy atom. The SMILES string of the molecule is Cc1nn(C)c(C)c1CNc1nc(C(=O)O)co1. The molecule has 7 heteroatoms. The van der Waals surface area contributed by atoms with Crippen molar-refractivity contribution in [1.29, 1.82) is 0 Å². The van der Waals surface area contributed by atoms with Crippen LogP contribution in [0.2, 0.25) is 0 Å². The zero-order chi connectivity index (χ0) is 13.3. The fourth-order valence-corrected chi connectivity index (χ4v) is 1.69. The zero-order valence-corrected chi connectivity index (χ0v) is 10.4. The number of aromatic nitrogens is 3. The number of hydrogen-bond donors (Lipinski definition) is 2. The van der Waals surface area contributed by atoms with Crippen molar-refractivity contribution in [2.24, 2.45) is 7.05 Å². The van der Waals surface area contributed by atoms with E-state index >= 15 is 0 Å². The number of carboxylic acid groups (broad SMARTS) is 1. The Balaban J connectivity index is 2.09. The molecule has 0 saturated carbocycles. The van der Waals surface area contributed by atoms with E-state index in [1.54, 1.807) is 4.68 Å². The molecule has 0 aliphatic rings. The summed E-state index contributed by atoms with van der Waals surface area (Å²) in [5.41, 5.74) is 2.90. The van der Waals surface area contributed by atoms with Gasteiger partial charge in [0.1, 0.15) is 6.26 Å². The molecule has 0 unspecified atom stereocenters. The molecule has 0 atom stereocenters. The first-order valence-corrected chi connectivity index (χ1v) is 5.40. The van der Waals surface area contributed by atoms with Crippen LogP contribution in [0.5, 0.6) is 0 Å². The van der Waals surface area contributed by atoms with E-state index in [1.807, 2.05) is 20.9 Å². The Labute approximate surface area is 103 Å². The molecule has 2 heterocycles. The van der Waals surface area contributed by atoms with E-state index < -0.39 is 5.97 Å².